The molecule has 0 aliphatic heterocycles. The van der Waals surface area contributed by atoms with Crippen molar-refractivity contribution in [2.75, 3.05) is 7.11 Å². The molecule has 0 unspecified atom stereocenters. The first-order valence-electron chi connectivity index (χ1n) is 6.30. The second-order valence-electron chi connectivity index (χ2n) is 4.33. The number of benzene rings is 1. The zero-order valence-electron chi connectivity index (χ0n) is 10.9. The van der Waals surface area contributed by atoms with Gasteiger partial charge in [-0.25, -0.2) is 4.98 Å². The highest BCUT2D eigenvalue weighted by molar-refractivity contribution is 5.29. The maximum atomic E-state index is 5.18. The van der Waals surface area contributed by atoms with E-state index in [1.165, 1.54) is 5.56 Å². The van der Waals surface area contributed by atoms with Crippen molar-refractivity contribution in [2.45, 2.75) is 32.2 Å². The van der Waals surface area contributed by atoms with Crippen LogP contribution >= 0.6 is 0 Å². The lowest BCUT2D eigenvalue weighted by molar-refractivity contribution is 0.414. The Morgan fingerprint density at radius 1 is 1.28 bits per heavy atom. The van der Waals surface area contributed by atoms with Crippen LogP contribution in [-0.4, -0.2) is 21.9 Å². The van der Waals surface area contributed by atoms with Gasteiger partial charge < -0.3 is 4.74 Å². The molecule has 0 spiro atoms. The predicted octanol–water partition coefficient (Wildman–Crippen LogP) is 2.87. The first kappa shape index (κ1) is 12.6. The standard InChI is InChI=1S/C14H19N3O/c1-3-12(8-9-17-11-15-10-16-17)13-4-6-14(18-2)7-5-13/h4-7,10-12H,3,8-9H2,1-2H3/t12-/m1/s1. The maximum absolute atomic E-state index is 5.18. The third-order valence-electron chi connectivity index (χ3n) is 3.25. The summed E-state index contributed by atoms with van der Waals surface area (Å²) in [6, 6.07) is 8.34. The summed E-state index contributed by atoms with van der Waals surface area (Å²) < 4.78 is 7.06. The number of aryl methyl sites for hydroxylation is 1. The molecule has 1 atom stereocenters. The molecular weight excluding hydrogens is 226 g/mol. The zero-order chi connectivity index (χ0) is 12.8. The monoisotopic (exact) mass is 245 g/mol. The van der Waals surface area contributed by atoms with Crippen LogP contribution in [0.3, 0.4) is 0 Å². The third-order valence-corrected chi connectivity index (χ3v) is 3.25. The van der Waals surface area contributed by atoms with Crippen LogP contribution in [0.15, 0.2) is 36.9 Å². The second kappa shape index (κ2) is 6.19. The quantitative estimate of drug-likeness (QED) is 0.785. The summed E-state index contributed by atoms with van der Waals surface area (Å²) in [5, 5.41) is 4.13. The predicted molar refractivity (Wildman–Crippen MR) is 70.7 cm³/mol. The molecule has 1 aromatic heterocycles. The summed E-state index contributed by atoms with van der Waals surface area (Å²) in [5.41, 5.74) is 1.36. The van der Waals surface area contributed by atoms with Crippen molar-refractivity contribution in [3.63, 3.8) is 0 Å². The van der Waals surface area contributed by atoms with Gasteiger partial charge in [0.15, 0.2) is 0 Å². The average molecular weight is 245 g/mol. The molecule has 0 saturated carbocycles. The summed E-state index contributed by atoms with van der Waals surface area (Å²) in [6.45, 7) is 3.13. The van der Waals surface area contributed by atoms with Gasteiger partial charge in [-0.1, -0.05) is 19.1 Å². The zero-order valence-corrected chi connectivity index (χ0v) is 10.9. The summed E-state index contributed by atoms with van der Waals surface area (Å²) in [4.78, 5) is 3.96. The Balaban J connectivity index is 1.98. The molecule has 2 aromatic rings. The Kier molecular flexibility index (Phi) is 4.34. The minimum atomic E-state index is 0.556. The van der Waals surface area contributed by atoms with Crippen LogP contribution in [0.4, 0.5) is 0 Å². The average Bonchev–Trinajstić information content (AvgIpc) is 2.93. The largest absolute Gasteiger partial charge is 0.497 e. The molecule has 0 N–H and O–H groups in total. The normalized spacial score (nSPS) is 12.3. The van der Waals surface area contributed by atoms with E-state index in [2.05, 4.69) is 29.1 Å². The Labute approximate surface area is 108 Å². The topological polar surface area (TPSA) is 39.9 Å². The number of ether oxygens (including phenoxy) is 1. The van der Waals surface area contributed by atoms with Crippen LogP contribution in [-0.2, 0) is 6.54 Å². The van der Waals surface area contributed by atoms with E-state index in [0.29, 0.717) is 5.92 Å². The van der Waals surface area contributed by atoms with Crippen molar-refractivity contribution in [3.05, 3.63) is 42.5 Å². The fourth-order valence-corrected chi connectivity index (χ4v) is 2.12. The van der Waals surface area contributed by atoms with Crippen molar-refractivity contribution in [1.82, 2.24) is 14.8 Å². The lowest BCUT2D eigenvalue weighted by Gasteiger charge is -2.15. The lowest BCUT2D eigenvalue weighted by Crippen LogP contribution is -2.05. The van der Waals surface area contributed by atoms with E-state index in [9.17, 15) is 0 Å². The molecule has 0 saturated heterocycles. The van der Waals surface area contributed by atoms with Crippen LogP contribution in [0.1, 0.15) is 31.2 Å². The molecule has 4 heteroatoms. The van der Waals surface area contributed by atoms with E-state index in [0.717, 1.165) is 25.1 Å². The first-order valence-corrected chi connectivity index (χ1v) is 6.30. The van der Waals surface area contributed by atoms with E-state index < -0.39 is 0 Å². The highest BCUT2D eigenvalue weighted by atomic mass is 16.5. The summed E-state index contributed by atoms with van der Waals surface area (Å²) in [5.74, 6) is 1.46. The summed E-state index contributed by atoms with van der Waals surface area (Å²) in [6.07, 6.45) is 5.54. The molecule has 4 nitrogen and oxygen atoms in total. The molecule has 2 rings (SSSR count). The summed E-state index contributed by atoms with van der Waals surface area (Å²) in [7, 11) is 1.69. The molecule has 1 aromatic carbocycles. The van der Waals surface area contributed by atoms with Crippen LogP contribution in [0.25, 0.3) is 0 Å². The number of aromatic nitrogens is 3. The Bertz CT molecular complexity index is 450. The second-order valence-corrected chi connectivity index (χ2v) is 4.33. The van der Waals surface area contributed by atoms with Gasteiger partial charge in [-0.05, 0) is 36.5 Å². The number of methoxy groups -OCH3 is 1. The van der Waals surface area contributed by atoms with Crippen molar-refractivity contribution < 1.29 is 4.74 Å². The smallest absolute Gasteiger partial charge is 0.137 e. The van der Waals surface area contributed by atoms with Crippen LogP contribution in [0.2, 0.25) is 0 Å². The SMILES string of the molecule is CC[C@H](CCn1cncn1)c1ccc(OC)cc1. The molecule has 1 heterocycles. The first-order chi connectivity index (χ1) is 8.83. The van der Waals surface area contributed by atoms with Gasteiger partial charge in [-0.3, -0.25) is 4.68 Å². The summed E-state index contributed by atoms with van der Waals surface area (Å²) >= 11 is 0. The van der Waals surface area contributed by atoms with E-state index in [1.807, 2.05) is 16.8 Å². The van der Waals surface area contributed by atoms with E-state index >= 15 is 0 Å². The van der Waals surface area contributed by atoms with Gasteiger partial charge in [0.1, 0.15) is 18.4 Å². The molecule has 0 aliphatic rings. The third kappa shape index (κ3) is 3.09. The fourth-order valence-electron chi connectivity index (χ4n) is 2.12. The highest BCUT2D eigenvalue weighted by Crippen LogP contribution is 2.25. The molecule has 0 radical (unpaired) electrons. The molecule has 0 amide bonds. The Hall–Kier alpha value is -1.84. The van der Waals surface area contributed by atoms with E-state index in [4.69, 9.17) is 4.74 Å². The van der Waals surface area contributed by atoms with Crippen LogP contribution in [0, 0.1) is 0 Å². The number of hydrogen-bond donors (Lipinski definition) is 0. The number of nitrogens with zero attached hydrogens (tertiary/aromatic N) is 3. The van der Waals surface area contributed by atoms with E-state index in [1.54, 1.807) is 19.8 Å². The minimum Gasteiger partial charge on any atom is -0.497 e. The Morgan fingerprint density at radius 3 is 2.61 bits per heavy atom. The van der Waals surface area contributed by atoms with Gasteiger partial charge in [0.25, 0.3) is 0 Å². The molecule has 0 aliphatic carbocycles. The van der Waals surface area contributed by atoms with Gasteiger partial charge in [0, 0.05) is 6.54 Å². The van der Waals surface area contributed by atoms with Crippen molar-refractivity contribution in [3.8, 4) is 5.75 Å². The van der Waals surface area contributed by atoms with Gasteiger partial charge in [-0.15, -0.1) is 0 Å². The minimum absolute atomic E-state index is 0.556. The lowest BCUT2D eigenvalue weighted by atomic mass is 9.93. The van der Waals surface area contributed by atoms with Crippen molar-refractivity contribution in [2.24, 2.45) is 0 Å². The molecule has 0 bridgehead atoms. The van der Waals surface area contributed by atoms with E-state index in [-0.39, 0.29) is 0 Å². The highest BCUT2D eigenvalue weighted by Gasteiger charge is 2.09. The maximum Gasteiger partial charge on any atom is 0.137 e. The van der Waals surface area contributed by atoms with Gasteiger partial charge in [0.2, 0.25) is 0 Å². The number of rotatable bonds is 6. The van der Waals surface area contributed by atoms with Gasteiger partial charge in [0.05, 0.1) is 7.11 Å². The van der Waals surface area contributed by atoms with Crippen LogP contribution < -0.4 is 4.74 Å². The molecule has 0 fully saturated rings. The Morgan fingerprint density at radius 2 is 2.06 bits per heavy atom. The molecule has 18 heavy (non-hydrogen) atoms. The fraction of sp³-hybridized carbons (Fsp3) is 0.429. The number of hydrogen-bond acceptors (Lipinski definition) is 3. The molecule has 96 valence electrons. The van der Waals surface area contributed by atoms with Crippen LogP contribution in [0.5, 0.6) is 5.75 Å². The van der Waals surface area contributed by atoms with Crippen molar-refractivity contribution in [1.29, 1.82) is 0 Å². The van der Waals surface area contributed by atoms with Gasteiger partial charge >= 0.3 is 0 Å². The van der Waals surface area contributed by atoms with Crippen molar-refractivity contribution >= 4 is 0 Å². The van der Waals surface area contributed by atoms with Gasteiger partial charge in [-0.2, -0.15) is 5.10 Å². The molecular formula is C14H19N3O.